The molecule has 0 amide bonds. The van der Waals surface area contributed by atoms with E-state index in [0.29, 0.717) is 31.8 Å². The Morgan fingerprint density at radius 1 is 1.25 bits per heavy atom. The number of hydrogen-bond donors (Lipinski definition) is 2. The molecule has 2 aromatic carbocycles. The fourth-order valence-electron chi connectivity index (χ4n) is 4.24. The Hall–Kier alpha value is -2.80. The Morgan fingerprint density at radius 2 is 2.09 bits per heavy atom. The van der Waals surface area contributed by atoms with Gasteiger partial charge in [-0.1, -0.05) is 54.6 Å². The van der Waals surface area contributed by atoms with Crippen molar-refractivity contribution in [2.24, 2.45) is 0 Å². The minimum absolute atomic E-state index is 0.171. The van der Waals surface area contributed by atoms with Crippen LogP contribution in [0.5, 0.6) is 5.75 Å². The van der Waals surface area contributed by atoms with Crippen molar-refractivity contribution in [2.45, 2.75) is 24.7 Å². The minimum atomic E-state index is -0.977. The maximum Gasteiger partial charge on any atom is 0.137 e. The third-order valence-electron chi connectivity index (χ3n) is 5.99. The minimum Gasteiger partial charge on any atom is -0.495 e. The first kappa shape index (κ1) is 22.4. The first-order chi connectivity index (χ1) is 15.6. The Morgan fingerprint density at radius 3 is 2.88 bits per heavy atom. The van der Waals surface area contributed by atoms with Gasteiger partial charge < -0.3 is 15.2 Å². The number of alkyl halides is 1. The number of piperidine rings is 1. The van der Waals surface area contributed by atoms with E-state index >= 15 is 0 Å². The summed E-state index contributed by atoms with van der Waals surface area (Å²) in [5.41, 5.74) is 2.73. The number of aliphatic hydroxyl groups is 1. The molecule has 5 nitrogen and oxygen atoms in total. The van der Waals surface area contributed by atoms with Gasteiger partial charge >= 0.3 is 0 Å². The lowest BCUT2D eigenvalue weighted by Gasteiger charge is -2.36. The van der Waals surface area contributed by atoms with Gasteiger partial charge in [0.25, 0.3) is 0 Å². The van der Waals surface area contributed by atoms with Crippen LogP contribution >= 0.6 is 0 Å². The molecule has 3 aromatic rings. The summed E-state index contributed by atoms with van der Waals surface area (Å²) >= 11 is 0. The highest BCUT2D eigenvalue weighted by Crippen LogP contribution is 2.27. The lowest BCUT2D eigenvalue weighted by molar-refractivity contribution is 0.0583. The van der Waals surface area contributed by atoms with E-state index in [0.717, 1.165) is 28.6 Å². The number of pyridine rings is 1. The van der Waals surface area contributed by atoms with E-state index in [1.807, 2.05) is 71.6 Å². The number of hydrogen-bond acceptors (Lipinski definition) is 5. The van der Waals surface area contributed by atoms with Crippen molar-refractivity contribution in [3.05, 3.63) is 78.0 Å². The van der Waals surface area contributed by atoms with Gasteiger partial charge in [-0.25, -0.2) is 4.39 Å². The fraction of sp³-hybridized carbons (Fsp3) is 0.346. The summed E-state index contributed by atoms with van der Waals surface area (Å²) in [4.78, 5) is 6.39. The number of aromatic nitrogens is 1. The molecule has 0 bridgehead atoms. The van der Waals surface area contributed by atoms with Crippen LogP contribution in [0.15, 0.2) is 66.9 Å². The molecule has 3 atom stereocenters. The highest BCUT2D eigenvalue weighted by atomic mass is 19.1. The van der Waals surface area contributed by atoms with Crippen molar-refractivity contribution in [1.82, 2.24) is 15.2 Å². The number of nitrogens with zero attached hydrogens (tertiary/aromatic N) is 2. The van der Waals surface area contributed by atoms with Gasteiger partial charge in [0.2, 0.25) is 0 Å². The first-order valence-corrected chi connectivity index (χ1v) is 11.1. The molecule has 3 unspecified atom stereocenters. The van der Waals surface area contributed by atoms with Gasteiger partial charge in [0.05, 0.1) is 24.9 Å². The van der Waals surface area contributed by atoms with E-state index in [1.165, 1.54) is 0 Å². The zero-order chi connectivity index (χ0) is 22.3. The van der Waals surface area contributed by atoms with Crippen LogP contribution in [-0.2, 0) is 0 Å². The molecule has 4 rings (SSSR count). The number of aliphatic hydroxyl groups excluding tert-OH is 1. The van der Waals surface area contributed by atoms with Crippen LogP contribution in [-0.4, -0.2) is 60.5 Å². The summed E-state index contributed by atoms with van der Waals surface area (Å²) in [6.07, 6.45) is 4.74. The second kappa shape index (κ2) is 10.7. The number of fused-ring (bicyclic) bond motifs is 1. The second-order valence-corrected chi connectivity index (χ2v) is 8.20. The molecule has 6 heteroatoms. The van der Waals surface area contributed by atoms with Crippen LogP contribution in [0, 0.1) is 0 Å². The topological polar surface area (TPSA) is 57.6 Å². The molecule has 168 valence electrons. The predicted octanol–water partition coefficient (Wildman–Crippen LogP) is 3.99. The average Bonchev–Trinajstić information content (AvgIpc) is 2.82. The van der Waals surface area contributed by atoms with E-state index in [1.54, 1.807) is 13.3 Å². The van der Waals surface area contributed by atoms with Crippen molar-refractivity contribution in [3.63, 3.8) is 0 Å². The van der Waals surface area contributed by atoms with Crippen molar-refractivity contribution in [2.75, 3.05) is 33.3 Å². The molecule has 2 heterocycles. The SMILES string of the molecule is COc1cnc2cccc(C(O)CN3CCC(NCC=Cc4ccccc4)C(F)C3)c2c1. The number of halogens is 1. The number of likely N-dealkylation sites (tertiary alicyclic amines) is 1. The van der Waals surface area contributed by atoms with Gasteiger partial charge in [-0.3, -0.25) is 9.88 Å². The van der Waals surface area contributed by atoms with Crippen LogP contribution < -0.4 is 10.1 Å². The smallest absolute Gasteiger partial charge is 0.137 e. The van der Waals surface area contributed by atoms with Crippen molar-refractivity contribution in [1.29, 1.82) is 0 Å². The molecular formula is C26H30FN3O2. The lowest BCUT2D eigenvalue weighted by Crippen LogP contribution is -2.51. The molecule has 0 aliphatic carbocycles. The molecule has 0 spiro atoms. The molecule has 0 saturated carbocycles. The molecule has 1 aliphatic rings. The van der Waals surface area contributed by atoms with Gasteiger partial charge in [-0.15, -0.1) is 0 Å². The Balaban J connectivity index is 1.31. The monoisotopic (exact) mass is 435 g/mol. The van der Waals surface area contributed by atoms with Gasteiger partial charge in [0.15, 0.2) is 0 Å². The molecule has 1 saturated heterocycles. The quantitative estimate of drug-likeness (QED) is 0.560. The first-order valence-electron chi connectivity index (χ1n) is 11.1. The summed E-state index contributed by atoms with van der Waals surface area (Å²) in [6, 6.07) is 17.5. The molecule has 1 fully saturated rings. The van der Waals surface area contributed by atoms with Gasteiger partial charge in [0.1, 0.15) is 11.9 Å². The van der Waals surface area contributed by atoms with Gasteiger partial charge in [-0.05, 0) is 36.2 Å². The fourth-order valence-corrected chi connectivity index (χ4v) is 4.24. The molecule has 32 heavy (non-hydrogen) atoms. The zero-order valence-corrected chi connectivity index (χ0v) is 18.3. The van der Waals surface area contributed by atoms with Crippen LogP contribution in [0.1, 0.15) is 23.7 Å². The van der Waals surface area contributed by atoms with Crippen molar-refractivity contribution < 1.29 is 14.2 Å². The maximum atomic E-state index is 14.8. The van der Waals surface area contributed by atoms with Crippen LogP contribution in [0.3, 0.4) is 0 Å². The summed E-state index contributed by atoms with van der Waals surface area (Å²) in [5, 5.41) is 15.1. The van der Waals surface area contributed by atoms with Crippen LogP contribution in [0.4, 0.5) is 4.39 Å². The normalized spacial score (nSPS) is 20.6. The maximum absolute atomic E-state index is 14.8. The van der Waals surface area contributed by atoms with E-state index in [9.17, 15) is 9.50 Å². The van der Waals surface area contributed by atoms with Crippen LogP contribution in [0.2, 0.25) is 0 Å². The third-order valence-corrected chi connectivity index (χ3v) is 5.99. The number of methoxy groups -OCH3 is 1. The summed E-state index contributed by atoms with van der Waals surface area (Å²) in [7, 11) is 1.60. The number of benzene rings is 2. The standard InChI is InChI=1S/C26H30FN3O2/c1-32-20-15-22-21(10-5-11-24(22)29-16-20)26(31)18-30-14-12-25(23(27)17-30)28-13-6-9-19-7-3-2-4-8-19/h2-11,15-16,23,25-26,28,31H,12-14,17-18H2,1H3. The molecule has 1 aliphatic heterocycles. The van der Waals surface area contributed by atoms with Crippen molar-refractivity contribution in [3.8, 4) is 5.75 Å². The number of nitrogens with one attached hydrogen (secondary N) is 1. The lowest BCUT2D eigenvalue weighted by atomic mass is 9.99. The molecule has 0 radical (unpaired) electrons. The second-order valence-electron chi connectivity index (χ2n) is 8.20. The van der Waals surface area contributed by atoms with E-state index in [-0.39, 0.29) is 6.04 Å². The Bertz CT molecular complexity index is 1040. The predicted molar refractivity (Wildman–Crippen MR) is 126 cm³/mol. The number of ether oxygens (including phenoxy) is 1. The average molecular weight is 436 g/mol. The summed E-state index contributed by atoms with van der Waals surface area (Å²) in [6.45, 7) is 2.07. The molecule has 2 N–H and O–H groups in total. The van der Waals surface area contributed by atoms with Crippen LogP contribution in [0.25, 0.3) is 17.0 Å². The third kappa shape index (κ3) is 5.51. The Kier molecular flexibility index (Phi) is 7.47. The highest BCUT2D eigenvalue weighted by Gasteiger charge is 2.30. The molecule has 1 aromatic heterocycles. The van der Waals surface area contributed by atoms with Crippen molar-refractivity contribution >= 4 is 17.0 Å². The van der Waals surface area contributed by atoms with Gasteiger partial charge in [-0.2, -0.15) is 0 Å². The summed E-state index contributed by atoms with van der Waals surface area (Å²) < 4.78 is 20.1. The van der Waals surface area contributed by atoms with E-state index < -0.39 is 12.3 Å². The number of rotatable bonds is 8. The highest BCUT2D eigenvalue weighted by molar-refractivity contribution is 5.83. The van der Waals surface area contributed by atoms with Gasteiger partial charge in [0, 0.05) is 31.1 Å². The van der Waals surface area contributed by atoms with E-state index in [2.05, 4.69) is 10.3 Å². The zero-order valence-electron chi connectivity index (χ0n) is 18.3. The summed E-state index contributed by atoms with van der Waals surface area (Å²) in [5.74, 6) is 0.647. The molecular weight excluding hydrogens is 405 g/mol. The largest absolute Gasteiger partial charge is 0.495 e. The van der Waals surface area contributed by atoms with E-state index in [4.69, 9.17) is 4.74 Å². The Labute approximate surface area is 188 Å². The number of β-amino-alcohol motifs (C(OH)–C–C–N with tert-alkyl or cyclic N) is 1.